The quantitative estimate of drug-likeness (QED) is 0.674. The van der Waals surface area contributed by atoms with Gasteiger partial charge in [0, 0.05) is 12.1 Å². The zero-order chi connectivity index (χ0) is 14.2. The fourth-order valence-corrected chi connectivity index (χ4v) is 1.70. The molecule has 108 valence electrons. The molecule has 0 fully saturated rings. The molecule has 3 nitrogen and oxygen atoms in total. The molecule has 2 aromatic rings. The standard InChI is InChI=1S/C17H15NO2.ClH/c19-17(20)16-10-8-15(9-11-16)13-18-12-4-7-14-5-2-1-3-6-14;/h1-3,5-6,8-11,18H,12-13H2,(H,19,20);1H. The van der Waals surface area contributed by atoms with Crippen LogP contribution in [0.2, 0.25) is 0 Å². The first kappa shape index (κ1) is 16.8. The average molecular weight is 302 g/mol. The van der Waals surface area contributed by atoms with Crippen molar-refractivity contribution in [3.8, 4) is 11.8 Å². The van der Waals surface area contributed by atoms with Gasteiger partial charge in [-0.2, -0.15) is 0 Å². The van der Waals surface area contributed by atoms with E-state index in [1.165, 1.54) is 0 Å². The number of carboxylic acid groups (broad SMARTS) is 1. The molecule has 0 atom stereocenters. The van der Waals surface area contributed by atoms with Crippen LogP contribution in [0.4, 0.5) is 0 Å². The van der Waals surface area contributed by atoms with E-state index < -0.39 is 5.97 Å². The maximum Gasteiger partial charge on any atom is 0.335 e. The van der Waals surface area contributed by atoms with Crippen LogP contribution in [0.1, 0.15) is 21.5 Å². The molecule has 0 heterocycles. The van der Waals surface area contributed by atoms with Crippen molar-refractivity contribution in [1.29, 1.82) is 0 Å². The highest BCUT2D eigenvalue weighted by Gasteiger charge is 2.00. The molecule has 2 aromatic carbocycles. The van der Waals surface area contributed by atoms with Crippen molar-refractivity contribution < 1.29 is 9.90 Å². The van der Waals surface area contributed by atoms with E-state index in [0.717, 1.165) is 11.1 Å². The van der Waals surface area contributed by atoms with E-state index in [1.54, 1.807) is 24.3 Å². The highest BCUT2D eigenvalue weighted by molar-refractivity contribution is 5.87. The summed E-state index contributed by atoms with van der Waals surface area (Å²) in [5.41, 5.74) is 2.34. The number of benzene rings is 2. The van der Waals surface area contributed by atoms with Crippen LogP contribution >= 0.6 is 12.4 Å². The van der Waals surface area contributed by atoms with Crippen molar-refractivity contribution in [2.45, 2.75) is 6.54 Å². The lowest BCUT2D eigenvalue weighted by Gasteiger charge is -2.01. The molecule has 21 heavy (non-hydrogen) atoms. The largest absolute Gasteiger partial charge is 0.478 e. The minimum Gasteiger partial charge on any atom is -0.478 e. The zero-order valence-electron chi connectivity index (χ0n) is 11.4. The summed E-state index contributed by atoms with van der Waals surface area (Å²) in [5, 5.41) is 12.0. The summed E-state index contributed by atoms with van der Waals surface area (Å²) >= 11 is 0. The van der Waals surface area contributed by atoms with Crippen LogP contribution in [0.5, 0.6) is 0 Å². The number of hydrogen-bond acceptors (Lipinski definition) is 2. The third-order valence-electron chi connectivity index (χ3n) is 2.75. The van der Waals surface area contributed by atoms with Gasteiger partial charge in [0.1, 0.15) is 0 Å². The number of rotatable bonds is 4. The lowest BCUT2D eigenvalue weighted by molar-refractivity contribution is 0.0697. The van der Waals surface area contributed by atoms with E-state index in [2.05, 4.69) is 17.2 Å². The Kier molecular flexibility index (Phi) is 7.03. The summed E-state index contributed by atoms with van der Waals surface area (Å²) in [6.45, 7) is 1.26. The van der Waals surface area contributed by atoms with Gasteiger partial charge >= 0.3 is 5.97 Å². The first-order valence-electron chi connectivity index (χ1n) is 6.32. The van der Waals surface area contributed by atoms with Crippen LogP contribution in [0, 0.1) is 11.8 Å². The van der Waals surface area contributed by atoms with E-state index >= 15 is 0 Å². The van der Waals surface area contributed by atoms with Gasteiger partial charge in [-0.1, -0.05) is 42.2 Å². The Bertz CT molecular complexity index is 627. The SMILES string of the molecule is Cl.O=C(O)c1ccc(CNCC#Cc2ccccc2)cc1. The van der Waals surface area contributed by atoms with Gasteiger partial charge in [-0.05, 0) is 29.8 Å². The van der Waals surface area contributed by atoms with E-state index in [9.17, 15) is 4.79 Å². The van der Waals surface area contributed by atoms with Gasteiger partial charge in [0.05, 0.1) is 12.1 Å². The van der Waals surface area contributed by atoms with Gasteiger partial charge in [-0.3, -0.25) is 0 Å². The highest BCUT2D eigenvalue weighted by Crippen LogP contribution is 2.03. The predicted octanol–water partition coefficient (Wildman–Crippen LogP) is 2.95. The maximum absolute atomic E-state index is 10.7. The van der Waals surface area contributed by atoms with E-state index in [-0.39, 0.29) is 12.4 Å². The second kappa shape index (κ2) is 8.80. The molecule has 4 heteroatoms. The molecule has 0 bridgehead atoms. The monoisotopic (exact) mass is 301 g/mol. The van der Waals surface area contributed by atoms with Gasteiger partial charge in [-0.15, -0.1) is 12.4 Å². The third kappa shape index (κ3) is 5.70. The molecule has 0 aromatic heterocycles. The summed E-state index contributed by atoms with van der Waals surface area (Å²) < 4.78 is 0. The van der Waals surface area contributed by atoms with Crippen LogP contribution in [-0.4, -0.2) is 17.6 Å². The molecule has 0 aliphatic rings. The molecule has 0 amide bonds. The Morgan fingerprint density at radius 2 is 1.71 bits per heavy atom. The van der Waals surface area contributed by atoms with Crippen molar-refractivity contribution in [3.63, 3.8) is 0 Å². The number of aromatic carboxylic acids is 1. The Hall–Kier alpha value is -2.28. The van der Waals surface area contributed by atoms with E-state index in [0.29, 0.717) is 18.7 Å². The minimum absolute atomic E-state index is 0. The first-order chi connectivity index (χ1) is 9.75. The fraction of sp³-hybridized carbons (Fsp3) is 0.118. The third-order valence-corrected chi connectivity index (χ3v) is 2.75. The molecular formula is C17H16ClNO2. The van der Waals surface area contributed by atoms with Crippen LogP contribution in [0.3, 0.4) is 0 Å². The number of carboxylic acids is 1. The van der Waals surface area contributed by atoms with Gasteiger partial charge in [0.2, 0.25) is 0 Å². The predicted molar refractivity (Wildman–Crippen MR) is 85.7 cm³/mol. The molecule has 0 saturated heterocycles. The fourth-order valence-electron chi connectivity index (χ4n) is 1.70. The summed E-state index contributed by atoms with van der Waals surface area (Å²) in [6, 6.07) is 16.6. The molecular weight excluding hydrogens is 286 g/mol. The number of nitrogens with one attached hydrogen (secondary N) is 1. The van der Waals surface area contributed by atoms with Gasteiger partial charge in [0.15, 0.2) is 0 Å². The first-order valence-corrected chi connectivity index (χ1v) is 6.32. The topological polar surface area (TPSA) is 49.3 Å². The smallest absolute Gasteiger partial charge is 0.335 e. The van der Waals surface area contributed by atoms with E-state index in [4.69, 9.17) is 5.11 Å². The van der Waals surface area contributed by atoms with Gasteiger partial charge in [0.25, 0.3) is 0 Å². The molecule has 0 aliphatic carbocycles. The van der Waals surface area contributed by atoms with E-state index in [1.807, 2.05) is 30.3 Å². The molecule has 0 aliphatic heterocycles. The second-order valence-electron chi connectivity index (χ2n) is 4.27. The molecule has 2 N–H and O–H groups in total. The van der Waals surface area contributed by atoms with Crippen LogP contribution < -0.4 is 5.32 Å². The lowest BCUT2D eigenvalue weighted by Crippen LogP contribution is -2.13. The number of halogens is 1. The van der Waals surface area contributed by atoms with Crippen molar-refractivity contribution in [2.75, 3.05) is 6.54 Å². The summed E-state index contributed by atoms with van der Waals surface area (Å²) in [4.78, 5) is 10.7. The number of carbonyl (C=O) groups is 1. The maximum atomic E-state index is 10.7. The summed E-state index contributed by atoms with van der Waals surface area (Å²) in [5.74, 6) is 5.21. The van der Waals surface area contributed by atoms with Gasteiger partial charge in [-0.25, -0.2) is 4.79 Å². The number of hydrogen-bond donors (Lipinski definition) is 2. The molecule has 0 saturated carbocycles. The van der Waals surface area contributed by atoms with Crippen molar-refractivity contribution in [2.24, 2.45) is 0 Å². The minimum atomic E-state index is -0.904. The van der Waals surface area contributed by atoms with Crippen LogP contribution in [0.15, 0.2) is 54.6 Å². The summed E-state index contributed by atoms with van der Waals surface area (Å²) in [6.07, 6.45) is 0. The molecule has 0 radical (unpaired) electrons. The van der Waals surface area contributed by atoms with Crippen LogP contribution in [0.25, 0.3) is 0 Å². The Labute approximate surface area is 130 Å². The zero-order valence-corrected chi connectivity index (χ0v) is 12.2. The van der Waals surface area contributed by atoms with Crippen molar-refractivity contribution in [3.05, 3.63) is 71.3 Å². The average Bonchev–Trinajstić information content (AvgIpc) is 2.48. The summed E-state index contributed by atoms with van der Waals surface area (Å²) in [7, 11) is 0. The normalized spacial score (nSPS) is 9.14. The van der Waals surface area contributed by atoms with Crippen molar-refractivity contribution >= 4 is 18.4 Å². The second-order valence-corrected chi connectivity index (χ2v) is 4.27. The lowest BCUT2D eigenvalue weighted by atomic mass is 10.1. The molecule has 0 spiro atoms. The Morgan fingerprint density at radius 3 is 2.33 bits per heavy atom. The highest BCUT2D eigenvalue weighted by atomic mass is 35.5. The Morgan fingerprint density at radius 1 is 1.05 bits per heavy atom. The van der Waals surface area contributed by atoms with Gasteiger partial charge < -0.3 is 10.4 Å². The van der Waals surface area contributed by atoms with Crippen LogP contribution in [-0.2, 0) is 6.54 Å². The Balaban J connectivity index is 0.00000220. The van der Waals surface area contributed by atoms with Crippen molar-refractivity contribution in [1.82, 2.24) is 5.32 Å². The molecule has 2 rings (SSSR count). The molecule has 0 unspecified atom stereocenters.